The first-order chi connectivity index (χ1) is 8.67. The van der Waals surface area contributed by atoms with Gasteiger partial charge in [-0.05, 0) is 56.4 Å². The molecule has 1 N–H and O–H groups in total. The summed E-state index contributed by atoms with van der Waals surface area (Å²) >= 11 is 0. The van der Waals surface area contributed by atoms with Crippen molar-refractivity contribution >= 4 is 0 Å². The van der Waals surface area contributed by atoms with E-state index in [1.165, 1.54) is 64.7 Å². The van der Waals surface area contributed by atoms with Gasteiger partial charge < -0.3 is 10.2 Å². The molecule has 2 rings (SSSR count). The summed E-state index contributed by atoms with van der Waals surface area (Å²) in [5.74, 6) is 0.904. The van der Waals surface area contributed by atoms with Crippen LogP contribution in [-0.4, -0.2) is 37.1 Å². The first-order valence-electron chi connectivity index (χ1n) is 8.13. The van der Waals surface area contributed by atoms with E-state index in [0.717, 1.165) is 12.0 Å². The fourth-order valence-corrected chi connectivity index (χ4v) is 3.33. The Hall–Kier alpha value is -0.0800. The normalized spacial score (nSPS) is 26.5. The third-order valence-electron chi connectivity index (χ3n) is 5.14. The molecule has 1 aliphatic carbocycles. The molecule has 1 saturated carbocycles. The Bertz CT molecular complexity index is 243. The van der Waals surface area contributed by atoms with Gasteiger partial charge in [-0.2, -0.15) is 0 Å². The molecule has 1 saturated heterocycles. The zero-order valence-corrected chi connectivity index (χ0v) is 12.7. The zero-order valence-electron chi connectivity index (χ0n) is 12.7. The van der Waals surface area contributed by atoms with Crippen LogP contribution >= 0.6 is 0 Å². The molecule has 106 valence electrons. The Morgan fingerprint density at radius 1 is 1.17 bits per heavy atom. The monoisotopic (exact) mass is 252 g/mol. The topological polar surface area (TPSA) is 15.3 Å². The molecule has 0 spiro atoms. The maximum Gasteiger partial charge on any atom is 0.00684 e. The third-order valence-corrected chi connectivity index (χ3v) is 5.14. The maximum absolute atomic E-state index is 3.77. The lowest BCUT2D eigenvalue weighted by Gasteiger charge is -2.40. The summed E-state index contributed by atoms with van der Waals surface area (Å²) in [5, 5.41) is 3.77. The molecule has 2 heteroatoms. The molecule has 0 bridgehead atoms. The van der Waals surface area contributed by atoms with E-state index in [1.54, 1.807) is 0 Å². The quantitative estimate of drug-likeness (QED) is 0.748. The number of rotatable bonds is 7. The van der Waals surface area contributed by atoms with Crippen LogP contribution < -0.4 is 5.32 Å². The van der Waals surface area contributed by atoms with Crippen molar-refractivity contribution in [2.45, 2.75) is 65.3 Å². The number of hydrogen-bond acceptors (Lipinski definition) is 2. The first-order valence-corrected chi connectivity index (χ1v) is 8.13. The van der Waals surface area contributed by atoms with Gasteiger partial charge in [0.1, 0.15) is 0 Å². The van der Waals surface area contributed by atoms with E-state index >= 15 is 0 Å². The molecule has 0 aromatic carbocycles. The fraction of sp³-hybridized carbons (Fsp3) is 1.00. The number of nitrogens with one attached hydrogen (secondary N) is 1. The van der Waals surface area contributed by atoms with Crippen LogP contribution in [0.2, 0.25) is 0 Å². The van der Waals surface area contributed by atoms with Gasteiger partial charge in [0, 0.05) is 25.7 Å². The Labute approximate surface area is 114 Å². The van der Waals surface area contributed by atoms with Crippen LogP contribution in [0.3, 0.4) is 0 Å². The van der Waals surface area contributed by atoms with E-state index in [-0.39, 0.29) is 0 Å². The minimum atomic E-state index is 0.514. The van der Waals surface area contributed by atoms with E-state index in [1.807, 2.05) is 0 Å². The second-order valence-electron chi connectivity index (χ2n) is 6.84. The van der Waals surface area contributed by atoms with Crippen molar-refractivity contribution in [2.24, 2.45) is 11.3 Å². The fourth-order valence-electron chi connectivity index (χ4n) is 3.33. The van der Waals surface area contributed by atoms with Crippen LogP contribution in [0.1, 0.15) is 59.3 Å². The molecule has 0 amide bonds. The smallest absolute Gasteiger partial charge is 0.00684 e. The van der Waals surface area contributed by atoms with Gasteiger partial charge in [0.2, 0.25) is 0 Å². The predicted octanol–water partition coefficient (Wildman–Crippen LogP) is 3.28. The van der Waals surface area contributed by atoms with E-state index in [0.29, 0.717) is 5.41 Å². The maximum atomic E-state index is 3.77. The SMILES string of the molecule is CCC(CC)(CNC1CC1)CN1CCCC(C)C1. The highest BCUT2D eigenvalue weighted by Crippen LogP contribution is 2.30. The second-order valence-corrected chi connectivity index (χ2v) is 6.84. The lowest BCUT2D eigenvalue weighted by atomic mass is 9.80. The van der Waals surface area contributed by atoms with Gasteiger partial charge in [0.25, 0.3) is 0 Å². The molecule has 2 aliphatic rings. The van der Waals surface area contributed by atoms with Crippen LogP contribution in [0, 0.1) is 11.3 Å². The molecule has 1 aliphatic heterocycles. The summed E-state index contributed by atoms with van der Waals surface area (Å²) in [6, 6.07) is 0.850. The number of nitrogens with zero attached hydrogens (tertiary/aromatic N) is 1. The lowest BCUT2D eigenvalue weighted by Crippen LogP contribution is -2.47. The Morgan fingerprint density at radius 2 is 1.89 bits per heavy atom. The zero-order chi connectivity index (χ0) is 13.0. The summed E-state index contributed by atoms with van der Waals surface area (Å²) in [7, 11) is 0. The number of piperidine rings is 1. The standard InChI is InChI=1S/C16H32N2/c1-4-16(5-2,12-17-15-8-9-15)13-18-10-6-7-14(3)11-18/h14-15,17H,4-13H2,1-3H3. The van der Waals surface area contributed by atoms with Crippen molar-refractivity contribution < 1.29 is 0 Å². The molecule has 1 atom stereocenters. The van der Waals surface area contributed by atoms with Gasteiger partial charge in [0.05, 0.1) is 0 Å². The van der Waals surface area contributed by atoms with Crippen LogP contribution in [0.4, 0.5) is 0 Å². The van der Waals surface area contributed by atoms with E-state index < -0.39 is 0 Å². The second kappa shape index (κ2) is 6.38. The third kappa shape index (κ3) is 3.96. The van der Waals surface area contributed by atoms with E-state index in [4.69, 9.17) is 0 Å². The van der Waals surface area contributed by atoms with Crippen molar-refractivity contribution in [3.63, 3.8) is 0 Å². The summed E-state index contributed by atoms with van der Waals surface area (Å²) in [6.07, 6.45) is 8.28. The minimum Gasteiger partial charge on any atom is -0.313 e. The van der Waals surface area contributed by atoms with Crippen LogP contribution in [0.5, 0.6) is 0 Å². The van der Waals surface area contributed by atoms with Crippen LogP contribution in [0.25, 0.3) is 0 Å². The molecule has 0 aromatic heterocycles. The van der Waals surface area contributed by atoms with Crippen LogP contribution in [-0.2, 0) is 0 Å². The Kier molecular flexibility index (Phi) is 5.08. The van der Waals surface area contributed by atoms with Crippen molar-refractivity contribution in [2.75, 3.05) is 26.2 Å². The van der Waals surface area contributed by atoms with Gasteiger partial charge in [-0.3, -0.25) is 0 Å². The average molecular weight is 252 g/mol. The highest BCUT2D eigenvalue weighted by Gasteiger charge is 2.32. The van der Waals surface area contributed by atoms with E-state index in [9.17, 15) is 0 Å². The molecular formula is C16H32N2. The summed E-state index contributed by atoms with van der Waals surface area (Å²) in [4.78, 5) is 2.73. The molecule has 1 unspecified atom stereocenters. The van der Waals surface area contributed by atoms with E-state index in [2.05, 4.69) is 31.0 Å². The van der Waals surface area contributed by atoms with Crippen molar-refractivity contribution in [3.8, 4) is 0 Å². The molecular weight excluding hydrogens is 220 g/mol. The van der Waals surface area contributed by atoms with Crippen molar-refractivity contribution in [3.05, 3.63) is 0 Å². The van der Waals surface area contributed by atoms with Gasteiger partial charge in [0.15, 0.2) is 0 Å². The number of hydrogen-bond donors (Lipinski definition) is 1. The largest absolute Gasteiger partial charge is 0.313 e. The first kappa shape index (κ1) is 14.3. The number of likely N-dealkylation sites (tertiary alicyclic amines) is 1. The van der Waals surface area contributed by atoms with Crippen molar-refractivity contribution in [1.82, 2.24) is 10.2 Å². The minimum absolute atomic E-state index is 0.514. The highest BCUT2D eigenvalue weighted by molar-refractivity contribution is 4.89. The molecule has 1 heterocycles. The Morgan fingerprint density at radius 3 is 2.44 bits per heavy atom. The molecule has 2 fully saturated rings. The molecule has 0 radical (unpaired) electrons. The van der Waals surface area contributed by atoms with Crippen molar-refractivity contribution in [1.29, 1.82) is 0 Å². The van der Waals surface area contributed by atoms with Gasteiger partial charge in [-0.15, -0.1) is 0 Å². The van der Waals surface area contributed by atoms with Crippen LogP contribution in [0.15, 0.2) is 0 Å². The van der Waals surface area contributed by atoms with Gasteiger partial charge >= 0.3 is 0 Å². The molecule has 0 aromatic rings. The molecule has 2 nitrogen and oxygen atoms in total. The average Bonchev–Trinajstić information content (AvgIpc) is 3.19. The van der Waals surface area contributed by atoms with Gasteiger partial charge in [-0.1, -0.05) is 20.8 Å². The predicted molar refractivity (Wildman–Crippen MR) is 78.9 cm³/mol. The van der Waals surface area contributed by atoms with Gasteiger partial charge in [-0.25, -0.2) is 0 Å². The summed E-state index contributed by atoms with van der Waals surface area (Å²) in [5.41, 5.74) is 0.514. The molecule has 18 heavy (non-hydrogen) atoms. The lowest BCUT2D eigenvalue weighted by molar-refractivity contribution is 0.0977. The Balaban J connectivity index is 1.86. The summed E-state index contributed by atoms with van der Waals surface area (Å²) < 4.78 is 0. The summed E-state index contributed by atoms with van der Waals surface area (Å²) in [6.45, 7) is 12.4. The highest BCUT2D eigenvalue weighted by atomic mass is 15.1.